The maximum absolute atomic E-state index is 6.00. The number of nitrogens with zero attached hydrogens (tertiary/aromatic N) is 5. The predicted octanol–water partition coefficient (Wildman–Crippen LogP) is 2.84. The van der Waals surface area contributed by atoms with Crippen LogP contribution in [-0.2, 0) is 7.05 Å². The Morgan fingerprint density at radius 2 is 2.12 bits per heavy atom. The number of fused-ring (bicyclic) bond motifs is 1. The molecule has 1 aliphatic carbocycles. The Kier molecular flexibility index (Phi) is 4.32. The minimum absolute atomic E-state index is 0.280. The fourth-order valence-corrected chi connectivity index (χ4v) is 3.84. The molecule has 26 heavy (non-hydrogen) atoms. The number of aromatic nitrogens is 5. The van der Waals surface area contributed by atoms with Crippen LogP contribution in [-0.4, -0.2) is 36.8 Å². The van der Waals surface area contributed by atoms with E-state index < -0.39 is 0 Å². The van der Waals surface area contributed by atoms with E-state index in [2.05, 4.69) is 45.3 Å². The lowest BCUT2D eigenvalue weighted by molar-refractivity contribution is 0.676. The highest BCUT2D eigenvalue weighted by Gasteiger charge is 2.22. The molecule has 3 aromatic heterocycles. The van der Waals surface area contributed by atoms with Crippen LogP contribution in [0, 0.1) is 0 Å². The molecule has 1 fully saturated rings. The Balaban J connectivity index is 1.67. The van der Waals surface area contributed by atoms with E-state index in [-0.39, 0.29) is 6.04 Å². The first-order chi connectivity index (χ1) is 12.5. The number of nitrogens with two attached hydrogens (primary N) is 1. The first-order valence-electron chi connectivity index (χ1n) is 9.19. The van der Waals surface area contributed by atoms with Crippen molar-refractivity contribution in [2.75, 3.05) is 5.32 Å². The van der Waals surface area contributed by atoms with Crippen molar-refractivity contribution in [1.82, 2.24) is 24.7 Å². The molecule has 3 N–H and O–H groups in total. The molecule has 2 atom stereocenters. The van der Waals surface area contributed by atoms with Gasteiger partial charge in [0.2, 0.25) is 5.95 Å². The maximum Gasteiger partial charge on any atom is 0.223 e. The highest BCUT2D eigenvalue weighted by Crippen LogP contribution is 2.28. The van der Waals surface area contributed by atoms with Crippen molar-refractivity contribution in [3.8, 4) is 11.3 Å². The summed E-state index contributed by atoms with van der Waals surface area (Å²) in [6.07, 6.45) is 6.70. The van der Waals surface area contributed by atoms with Crippen molar-refractivity contribution in [3.63, 3.8) is 0 Å². The van der Waals surface area contributed by atoms with Crippen LogP contribution in [0.5, 0.6) is 0 Å². The summed E-state index contributed by atoms with van der Waals surface area (Å²) in [6, 6.07) is 4.68. The van der Waals surface area contributed by atoms with Crippen LogP contribution < -0.4 is 11.1 Å². The van der Waals surface area contributed by atoms with Gasteiger partial charge in [-0.3, -0.25) is 4.68 Å². The molecule has 0 aromatic carbocycles. The second kappa shape index (κ2) is 6.64. The lowest BCUT2D eigenvalue weighted by Gasteiger charge is -2.12. The van der Waals surface area contributed by atoms with Crippen LogP contribution in [0.3, 0.4) is 0 Å². The summed E-state index contributed by atoms with van der Waals surface area (Å²) in [4.78, 5) is 13.6. The molecule has 0 spiro atoms. The van der Waals surface area contributed by atoms with E-state index in [9.17, 15) is 0 Å². The van der Waals surface area contributed by atoms with E-state index in [4.69, 9.17) is 5.73 Å². The Morgan fingerprint density at radius 3 is 2.85 bits per heavy atom. The summed E-state index contributed by atoms with van der Waals surface area (Å²) >= 11 is 0. The van der Waals surface area contributed by atoms with Gasteiger partial charge < -0.3 is 11.1 Å². The number of rotatable bonds is 4. The first-order valence-corrected chi connectivity index (χ1v) is 9.19. The van der Waals surface area contributed by atoms with Crippen molar-refractivity contribution in [2.24, 2.45) is 12.8 Å². The van der Waals surface area contributed by atoms with Crippen LogP contribution in [0.4, 0.5) is 5.95 Å². The Morgan fingerprint density at radius 1 is 1.27 bits per heavy atom. The second-order valence-electron chi connectivity index (χ2n) is 7.44. The predicted molar refractivity (Wildman–Crippen MR) is 103 cm³/mol. The van der Waals surface area contributed by atoms with Gasteiger partial charge in [0.1, 0.15) is 0 Å². The molecule has 3 heterocycles. The summed E-state index contributed by atoms with van der Waals surface area (Å²) in [6.45, 7) is 4.34. The van der Waals surface area contributed by atoms with Crippen molar-refractivity contribution < 1.29 is 0 Å². The number of aryl methyl sites for hydroxylation is 1. The zero-order chi connectivity index (χ0) is 18.3. The molecule has 0 aliphatic heterocycles. The van der Waals surface area contributed by atoms with E-state index in [0.717, 1.165) is 41.6 Å². The fourth-order valence-electron chi connectivity index (χ4n) is 3.84. The fraction of sp³-hybridized carbons (Fsp3) is 0.474. The monoisotopic (exact) mass is 351 g/mol. The van der Waals surface area contributed by atoms with Gasteiger partial charge in [-0.15, -0.1) is 0 Å². The minimum atomic E-state index is 0.280. The third-order valence-electron chi connectivity index (χ3n) is 5.04. The van der Waals surface area contributed by atoms with E-state index in [0.29, 0.717) is 17.9 Å². The van der Waals surface area contributed by atoms with Gasteiger partial charge in [0, 0.05) is 42.5 Å². The number of hydrogen-bond acceptors (Lipinski definition) is 6. The molecule has 0 saturated heterocycles. The summed E-state index contributed by atoms with van der Waals surface area (Å²) in [7, 11) is 1.97. The van der Waals surface area contributed by atoms with Crippen LogP contribution in [0.1, 0.15) is 44.7 Å². The lowest BCUT2D eigenvalue weighted by Crippen LogP contribution is -2.21. The highest BCUT2D eigenvalue weighted by molar-refractivity contribution is 5.83. The smallest absolute Gasteiger partial charge is 0.223 e. The van der Waals surface area contributed by atoms with Crippen LogP contribution in [0.15, 0.2) is 24.5 Å². The van der Waals surface area contributed by atoms with Gasteiger partial charge >= 0.3 is 0 Å². The van der Waals surface area contributed by atoms with Crippen molar-refractivity contribution >= 4 is 17.0 Å². The number of hydrogen-bond donors (Lipinski definition) is 2. The van der Waals surface area contributed by atoms with Gasteiger partial charge in [-0.2, -0.15) is 5.10 Å². The summed E-state index contributed by atoms with van der Waals surface area (Å²) in [5, 5.41) is 9.00. The number of pyridine rings is 1. The lowest BCUT2D eigenvalue weighted by atomic mass is 10.1. The maximum atomic E-state index is 6.00. The Hall–Kier alpha value is -2.54. The van der Waals surface area contributed by atoms with E-state index in [1.165, 1.54) is 5.69 Å². The molecule has 4 rings (SSSR count). The van der Waals surface area contributed by atoms with Gasteiger partial charge in [0.05, 0.1) is 11.4 Å². The standard InChI is InChI=1S/C19H25N7/c1-11(2)17-15-8-12(10-22-18(15)25-26(17)3)16-6-7-21-19(24-16)23-14-5-4-13(20)9-14/h6-8,10-11,13-14H,4-5,9,20H2,1-3H3,(H,21,23,24). The molecule has 2 unspecified atom stereocenters. The van der Waals surface area contributed by atoms with Crippen molar-refractivity contribution in [1.29, 1.82) is 0 Å². The third-order valence-corrected chi connectivity index (χ3v) is 5.04. The number of anilines is 1. The van der Waals surface area contributed by atoms with Crippen molar-refractivity contribution in [2.45, 2.75) is 51.1 Å². The molecule has 136 valence electrons. The molecule has 0 amide bonds. The number of nitrogens with one attached hydrogen (secondary N) is 1. The van der Waals surface area contributed by atoms with Gasteiger partial charge in [-0.1, -0.05) is 13.8 Å². The zero-order valence-electron chi connectivity index (χ0n) is 15.5. The third kappa shape index (κ3) is 3.14. The van der Waals surface area contributed by atoms with Gasteiger partial charge in [-0.25, -0.2) is 15.0 Å². The molecular weight excluding hydrogens is 326 g/mol. The Bertz CT molecular complexity index is 931. The largest absolute Gasteiger partial charge is 0.351 e. The quantitative estimate of drug-likeness (QED) is 0.750. The average Bonchev–Trinajstić information content (AvgIpc) is 3.16. The van der Waals surface area contributed by atoms with E-state index in [1.54, 1.807) is 6.20 Å². The highest BCUT2D eigenvalue weighted by atomic mass is 15.3. The van der Waals surface area contributed by atoms with Gasteiger partial charge in [0.25, 0.3) is 0 Å². The molecule has 1 saturated carbocycles. The van der Waals surface area contributed by atoms with Gasteiger partial charge in [-0.05, 0) is 37.3 Å². The normalized spacial score (nSPS) is 20.2. The topological polar surface area (TPSA) is 94.5 Å². The molecule has 1 aliphatic rings. The molecule has 3 aromatic rings. The molecule has 0 bridgehead atoms. The zero-order valence-corrected chi connectivity index (χ0v) is 15.5. The molecular formula is C19H25N7. The van der Waals surface area contributed by atoms with Crippen LogP contribution in [0.2, 0.25) is 0 Å². The summed E-state index contributed by atoms with van der Waals surface area (Å²) in [5.74, 6) is 1.02. The van der Waals surface area contributed by atoms with Crippen molar-refractivity contribution in [3.05, 3.63) is 30.2 Å². The van der Waals surface area contributed by atoms with E-state index in [1.807, 2.05) is 24.0 Å². The first kappa shape index (κ1) is 16.9. The molecule has 0 radical (unpaired) electrons. The second-order valence-corrected chi connectivity index (χ2v) is 7.44. The van der Waals surface area contributed by atoms with Crippen LogP contribution >= 0.6 is 0 Å². The molecule has 7 nitrogen and oxygen atoms in total. The SMILES string of the molecule is CC(C)c1c2cc(-c3ccnc(NC4CCC(N)C4)n3)cnc2nn1C. The average molecular weight is 351 g/mol. The Labute approximate surface area is 153 Å². The van der Waals surface area contributed by atoms with Gasteiger partial charge in [0.15, 0.2) is 5.65 Å². The van der Waals surface area contributed by atoms with E-state index >= 15 is 0 Å². The minimum Gasteiger partial charge on any atom is -0.351 e. The summed E-state index contributed by atoms with van der Waals surface area (Å²) in [5.41, 5.74) is 9.78. The van der Waals surface area contributed by atoms with Crippen LogP contribution in [0.25, 0.3) is 22.3 Å². The molecule has 7 heteroatoms. The summed E-state index contributed by atoms with van der Waals surface area (Å²) < 4.78 is 1.92.